The molecule has 3 rings (SSSR count). The molecule has 0 fully saturated rings. The molecule has 2 heterocycles. The van der Waals surface area contributed by atoms with Crippen LogP contribution in [0.5, 0.6) is 5.75 Å². The molecule has 1 amide bonds. The number of halogens is 1. The zero-order valence-corrected chi connectivity index (χ0v) is 16.6. The SMILES string of the molecule is O=C(CCNS(=O)(=O)c1ccc(F)cc1)Nc1ncccc1OCc1ccncc1. The van der Waals surface area contributed by atoms with Crippen molar-refractivity contribution in [1.29, 1.82) is 0 Å². The molecule has 0 bridgehead atoms. The lowest BCUT2D eigenvalue weighted by Crippen LogP contribution is -2.28. The molecule has 8 nitrogen and oxygen atoms in total. The Morgan fingerprint density at radius 2 is 1.77 bits per heavy atom. The van der Waals surface area contributed by atoms with E-state index in [1.165, 1.54) is 6.20 Å². The van der Waals surface area contributed by atoms with Gasteiger partial charge in [0.15, 0.2) is 11.6 Å². The van der Waals surface area contributed by atoms with Crippen LogP contribution < -0.4 is 14.8 Å². The number of ether oxygens (including phenoxy) is 1. The predicted molar refractivity (Wildman–Crippen MR) is 108 cm³/mol. The summed E-state index contributed by atoms with van der Waals surface area (Å²) in [4.78, 5) is 20.2. The number of pyridine rings is 2. The highest BCUT2D eigenvalue weighted by molar-refractivity contribution is 7.89. The summed E-state index contributed by atoms with van der Waals surface area (Å²) in [6, 6.07) is 11.4. The average Bonchev–Trinajstić information content (AvgIpc) is 2.74. The van der Waals surface area contributed by atoms with Gasteiger partial charge in [-0.15, -0.1) is 0 Å². The van der Waals surface area contributed by atoms with Crippen LogP contribution in [0, 0.1) is 5.82 Å². The fraction of sp³-hybridized carbons (Fsp3) is 0.150. The Bertz CT molecular complexity index is 1090. The molecule has 0 atom stereocenters. The number of amides is 1. The van der Waals surface area contributed by atoms with E-state index in [0.717, 1.165) is 29.8 Å². The number of hydrogen-bond donors (Lipinski definition) is 2. The molecule has 0 aliphatic rings. The summed E-state index contributed by atoms with van der Waals surface area (Å²) in [5.41, 5.74) is 0.904. The number of nitrogens with one attached hydrogen (secondary N) is 2. The van der Waals surface area contributed by atoms with Crippen LogP contribution >= 0.6 is 0 Å². The first kappa shape index (κ1) is 21.3. The maximum absolute atomic E-state index is 12.9. The van der Waals surface area contributed by atoms with Gasteiger partial charge >= 0.3 is 0 Å². The van der Waals surface area contributed by atoms with Crippen LogP contribution in [-0.2, 0) is 21.4 Å². The number of nitrogens with zero attached hydrogens (tertiary/aromatic N) is 2. The lowest BCUT2D eigenvalue weighted by molar-refractivity contribution is -0.116. The van der Waals surface area contributed by atoms with E-state index >= 15 is 0 Å². The molecular weight excluding hydrogens is 411 g/mol. The number of carbonyl (C=O) groups is 1. The molecule has 1 aromatic carbocycles. The van der Waals surface area contributed by atoms with E-state index < -0.39 is 21.7 Å². The second-order valence-electron chi connectivity index (χ2n) is 6.14. The first-order chi connectivity index (χ1) is 14.4. The lowest BCUT2D eigenvalue weighted by Gasteiger charge is -2.12. The summed E-state index contributed by atoms with van der Waals surface area (Å²) in [7, 11) is -3.84. The second-order valence-corrected chi connectivity index (χ2v) is 7.91. The highest BCUT2D eigenvalue weighted by atomic mass is 32.2. The van der Waals surface area contributed by atoms with Crippen LogP contribution in [0.2, 0.25) is 0 Å². The zero-order valence-electron chi connectivity index (χ0n) is 15.8. The van der Waals surface area contributed by atoms with Crippen molar-refractivity contribution in [2.45, 2.75) is 17.9 Å². The van der Waals surface area contributed by atoms with Gasteiger partial charge in [-0.05, 0) is 54.1 Å². The smallest absolute Gasteiger partial charge is 0.240 e. The van der Waals surface area contributed by atoms with Crippen molar-refractivity contribution >= 4 is 21.7 Å². The third-order valence-corrected chi connectivity index (χ3v) is 5.42. The van der Waals surface area contributed by atoms with Crippen LogP contribution in [-0.4, -0.2) is 30.8 Å². The van der Waals surface area contributed by atoms with Crippen LogP contribution in [0.1, 0.15) is 12.0 Å². The summed E-state index contributed by atoms with van der Waals surface area (Å²) in [5.74, 6) is -0.359. The summed E-state index contributed by atoms with van der Waals surface area (Å²) in [6.45, 7) is 0.139. The molecule has 0 aliphatic carbocycles. The van der Waals surface area contributed by atoms with Crippen molar-refractivity contribution < 1.29 is 22.3 Å². The molecule has 0 saturated heterocycles. The maximum atomic E-state index is 12.9. The molecule has 0 spiro atoms. The Morgan fingerprint density at radius 3 is 2.50 bits per heavy atom. The molecule has 0 radical (unpaired) electrons. The zero-order chi connectivity index (χ0) is 21.4. The Hall–Kier alpha value is -3.37. The summed E-state index contributed by atoms with van der Waals surface area (Å²) in [6.07, 6.45) is 4.68. The Labute approximate surface area is 173 Å². The van der Waals surface area contributed by atoms with Gasteiger partial charge in [-0.3, -0.25) is 9.78 Å². The third-order valence-electron chi connectivity index (χ3n) is 3.94. The van der Waals surface area contributed by atoms with E-state index in [2.05, 4.69) is 20.0 Å². The van der Waals surface area contributed by atoms with Gasteiger partial charge in [-0.1, -0.05) is 0 Å². The van der Waals surface area contributed by atoms with Gasteiger partial charge in [-0.2, -0.15) is 0 Å². The Kier molecular flexibility index (Phi) is 7.04. The number of rotatable bonds is 9. The Morgan fingerprint density at radius 1 is 1.03 bits per heavy atom. The fourth-order valence-corrected chi connectivity index (χ4v) is 3.46. The minimum atomic E-state index is -3.84. The van der Waals surface area contributed by atoms with E-state index in [0.29, 0.717) is 5.75 Å². The normalized spacial score (nSPS) is 11.1. The Balaban J connectivity index is 1.53. The molecule has 0 unspecified atom stereocenters. The molecule has 2 N–H and O–H groups in total. The number of carbonyl (C=O) groups excluding carboxylic acids is 1. The molecular formula is C20H19FN4O4S. The van der Waals surface area contributed by atoms with Gasteiger partial charge in [0, 0.05) is 31.6 Å². The molecule has 3 aromatic rings. The van der Waals surface area contributed by atoms with Gasteiger partial charge in [0.05, 0.1) is 4.90 Å². The van der Waals surface area contributed by atoms with Gasteiger partial charge in [0.25, 0.3) is 0 Å². The largest absolute Gasteiger partial charge is 0.485 e. The molecule has 0 aliphatic heterocycles. The summed E-state index contributed by atoms with van der Waals surface area (Å²) >= 11 is 0. The summed E-state index contributed by atoms with van der Waals surface area (Å²) in [5, 5.41) is 2.61. The van der Waals surface area contributed by atoms with Crippen molar-refractivity contribution in [2.75, 3.05) is 11.9 Å². The molecule has 0 saturated carbocycles. The minimum absolute atomic E-state index is 0.0826. The highest BCUT2D eigenvalue weighted by Crippen LogP contribution is 2.22. The quantitative estimate of drug-likeness (QED) is 0.540. The molecule has 156 valence electrons. The van der Waals surface area contributed by atoms with Crippen molar-refractivity contribution in [1.82, 2.24) is 14.7 Å². The lowest BCUT2D eigenvalue weighted by atomic mass is 10.3. The monoisotopic (exact) mass is 430 g/mol. The van der Waals surface area contributed by atoms with Crippen LogP contribution in [0.3, 0.4) is 0 Å². The highest BCUT2D eigenvalue weighted by Gasteiger charge is 2.15. The van der Waals surface area contributed by atoms with Crippen molar-refractivity contribution in [2.24, 2.45) is 0 Å². The van der Waals surface area contributed by atoms with E-state index in [-0.39, 0.29) is 30.3 Å². The number of benzene rings is 1. The van der Waals surface area contributed by atoms with Crippen LogP contribution in [0.15, 0.2) is 72.0 Å². The van der Waals surface area contributed by atoms with Gasteiger partial charge in [0.1, 0.15) is 12.4 Å². The van der Waals surface area contributed by atoms with E-state index in [4.69, 9.17) is 4.74 Å². The van der Waals surface area contributed by atoms with E-state index in [1.54, 1.807) is 24.5 Å². The van der Waals surface area contributed by atoms with Crippen molar-refractivity contribution in [3.63, 3.8) is 0 Å². The fourth-order valence-electron chi connectivity index (χ4n) is 2.43. The number of anilines is 1. The van der Waals surface area contributed by atoms with Gasteiger partial charge < -0.3 is 10.1 Å². The molecule has 30 heavy (non-hydrogen) atoms. The molecule has 2 aromatic heterocycles. The van der Waals surface area contributed by atoms with E-state index in [9.17, 15) is 17.6 Å². The van der Waals surface area contributed by atoms with Crippen LogP contribution in [0.4, 0.5) is 10.2 Å². The molecule has 10 heteroatoms. The number of aromatic nitrogens is 2. The van der Waals surface area contributed by atoms with Crippen LogP contribution in [0.25, 0.3) is 0 Å². The minimum Gasteiger partial charge on any atom is -0.485 e. The van der Waals surface area contributed by atoms with E-state index in [1.807, 2.05) is 12.1 Å². The first-order valence-corrected chi connectivity index (χ1v) is 10.4. The first-order valence-electron chi connectivity index (χ1n) is 8.96. The number of hydrogen-bond acceptors (Lipinski definition) is 6. The number of sulfonamides is 1. The average molecular weight is 430 g/mol. The standard InChI is InChI=1S/C20H19FN4O4S/c21-16-3-5-17(6-4-16)30(27,28)24-13-9-19(26)25-20-18(2-1-10-23-20)29-14-15-7-11-22-12-8-15/h1-8,10-12,24H,9,13-14H2,(H,23,25,26). The second kappa shape index (κ2) is 9.90. The van der Waals surface area contributed by atoms with Crippen molar-refractivity contribution in [3.05, 3.63) is 78.5 Å². The maximum Gasteiger partial charge on any atom is 0.240 e. The van der Waals surface area contributed by atoms with Gasteiger partial charge in [0.2, 0.25) is 15.9 Å². The third kappa shape index (κ3) is 6.06. The topological polar surface area (TPSA) is 110 Å². The summed E-state index contributed by atoms with van der Waals surface area (Å²) < 4.78 is 45.3. The van der Waals surface area contributed by atoms with Crippen molar-refractivity contribution in [3.8, 4) is 5.75 Å². The van der Waals surface area contributed by atoms with Gasteiger partial charge in [-0.25, -0.2) is 22.5 Å². The predicted octanol–water partition coefficient (Wildman–Crippen LogP) is 2.50.